The summed E-state index contributed by atoms with van der Waals surface area (Å²) in [5, 5.41) is -2.13. The third-order valence-electron chi connectivity index (χ3n) is 6.44. The molecule has 0 bridgehead atoms. The number of Topliss-reactive ketones (excluding diaryl/α,β-unsaturated/α-hetero) is 2. The van der Waals surface area contributed by atoms with Crippen molar-refractivity contribution >= 4 is 67.4 Å². The normalized spacial score (nSPS) is 12.8. The number of ketones is 2. The van der Waals surface area contributed by atoms with Crippen LogP contribution in [0.3, 0.4) is 0 Å². The number of fused-ring (bicyclic) bond motifs is 2. The van der Waals surface area contributed by atoms with Gasteiger partial charge >= 0.3 is 0 Å². The molecule has 2 aromatic heterocycles. The van der Waals surface area contributed by atoms with Crippen molar-refractivity contribution in [3.63, 3.8) is 0 Å². The van der Waals surface area contributed by atoms with Crippen molar-refractivity contribution in [1.82, 2.24) is 19.9 Å². The highest BCUT2D eigenvalue weighted by atomic mass is 32.2. The standard InChI is InChI=1S/C30H26N4O4S2/c1-3-23(35)25(39-29(37)27-31-19-9-5-6-10-20(19)32-27)17-13-15-18(16-14-17)26(24(36)4-2)40-30(38)28-33-21-11-7-8-12-22(21)34-28/h5-16,25-26H,3-4H2,1-2H3,(H,31,32)(H,33,34). The van der Waals surface area contributed by atoms with E-state index < -0.39 is 10.5 Å². The van der Waals surface area contributed by atoms with Crippen molar-refractivity contribution in [1.29, 1.82) is 0 Å². The zero-order chi connectivity index (χ0) is 28.2. The van der Waals surface area contributed by atoms with Crippen LogP contribution in [0.25, 0.3) is 22.1 Å². The lowest BCUT2D eigenvalue weighted by atomic mass is 10.0. The summed E-state index contributed by atoms with van der Waals surface area (Å²) in [5.74, 6) is 0.173. The molecule has 0 fully saturated rings. The summed E-state index contributed by atoms with van der Waals surface area (Å²) in [6.07, 6.45) is 0.511. The van der Waals surface area contributed by atoms with Gasteiger partial charge in [0.1, 0.15) is 11.6 Å². The van der Waals surface area contributed by atoms with Crippen LogP contribution >= 0.6 is 23.5 Å². The van der Waals surface area contributed by atoms with E-state index in [4.69, 9.17) is 0 Å². The van der Waals surface area contributed by atoms with E-state index in [9.17, 15) is 19.2 Å². The molecule has 2 atom stereocenters. The number of nitrogens with zero attached hydrogens (tertiary/aromatic N) is 2. The van der Waals surface area contributed by atoms with Crippen LogP contribution in [0.15, 0.2) is 72.8 Å². The lowest BCUT2D eigenvalue weighted by Gasteiger charge is -2.17. The number of carbonyl (C=O) groups is 4. The average Bonchev–Trinajstić information content (AvgIpc) is 3.63. The highest BCUT2D eigenvalue weighted by Gasteiger charge is 2.28. The Kier molecular flexibility index (Phi) is 8.27. The average molecular weight is 571 g/mol. The van der Waals surface area contributed by atoms with Crippen LogP contribution < -0.4 is 0 Å². The van der Waals surface area contributed by atoms with Gasteiger partial charge in [0.25, 0.3) is 10.2 Å². The number of aromatic amines is 2. The summed E-state index contributed by atoms with van der Waals surface area (Å²) < 4.78 is 0. The molecule has 2 heterocycles. The monoisotopic (exact) mass is 570 g/mol. The van der Waals surface area contributed by atoms with Crippen molar-refractivity contribution in [2.24, 2.45) is 0 Å². The van der Waals surface area contributed by atoms with Gasteiger partial charge in [-0.15, -0.1) is 0 Å². The van der Waals surface area contributed by atoms with Crippen LogP contribution in [0.2, 0.25) is 0 Å². The first-order valence-electron chi connectivity index (χ1n) is 12.8. The molecule has 0 aliphatic rings. The lowest BCUT2D eigenvalue weighted by Crippen LogP contribution is -2.13. The number of hydrogen-bond donors (Lipinski definition) is 2. The van der Waals surface area contributed by atoms with E-state index >= 15 is 0 Å². The molecule has 0 aliphatic heterocycles. The fourth-order valence-corrected chi connectivity index (χ4v) is 6.31. The topological polar surface area (TPSA) is 126 Å². The molecule has 2 N–H and O–H groups in total. The van der Waals surface area contributed by atoms with Crippen molar-refractivity contribution in [3.05, 3.63) is 95.6 Å². The van der Waals surface area contributed by atoms with Gasteiger partial charge in [0.05, 0.1) is 32.6 Å². The molecule has 202 valence electrons. The Labute approximate surface area is 238 Å². The fourth-order valence-electron chi connectivity index (χ4n) is 4.28. The molecule has 0 radical (unpaired) electrons. The van der Waals surface area contributed by atoms with Crippen molar-refractivity contribution in [2.45, 2.75) is 37.2 Å². The van der Waals surface area contributed by atoms with Crippen LogP contribution in [-0.4, -0.2) is 41.7 Å². The Morgan fingerprint density at radius 3 is 1.35 bits per heavy atom. The molecule has 0 saturated heterocycles. The zero-order valence-corrected chi connectivity index (χ0v) is 23.5. The number of nitrogens with one attached hydrogen (secondary N) is 2. The number of para-hydroxylation sites is 4. The minimum Gasteiger partial charge on any atom is -0.335 e. The predicted octanol–water partition coefficient (Wildman–Crippen LogP) is 6.63. The SMILES string of the molecule is CCC(=O)C(SC(=O)c1nc2ccccc2[nH]1)c1ccc(C(SC(=O)c2nc3ccccc3[nH]2)C(=O)CC)cc1. The van der Waals surface area contributed by atoms with Crippen LogP contribution in [-0.2, 0) is 9.59 Å². The van der Waals surface area contributed by atoms with Gasteiger partial charge in [0.15, 0.2) is 11.6 Å². The molecule has 8 nitrogen and oxygen atoms in total. The van der Waals surface area contributed by atoms with Crippen LogP contribution in [0.5, 0.6) is 0 Å². The van der Waals surface area contributed by atoms with E-state index in [0.29, 0.717) is 22.2 Å². The summed E-state index contributed by atoms with van der Waals surface area (Å²) in [6.45, 7) is 3.51. The minimum atomic E-state index is -0.732. The molecule has 0 saturated carbocycles. The van der Waals surface area contributed by atoms with E-state index in [1.54, 1.807) is 38.1 Å². The second kappa shape index (κ2) is 12.0. The van der Waals surface area contributed by atoms with Crippen LogP contribution in [0, 0.1) is 0 Å². The molecular formula is C30H26N4O4S2. The molecule has 5 aromatic rings. The van der Waals surface area contributed by atoms with Gasteiger partial charge in [-0.1, -0.05) is 85.9 Å². The molecule has 0 spiro atoms. The fraction of sp³-hybridized carbons (Fsp3) is 0.200. The number of hydrogen-bond acceptors (Lipinski definition) is 8. The second-order valence-electron chi connectivity index (χ2n) is 9.08. The lowest BCUT2D eigenvalue weighted by molar-refractivity contribution is -0.119. The van der Waals surface area contributed by atoms with E-state index in [1.165, 1.54) is 0 Å². The predicted molar refractivity (Wildman–Crippen MR) is 159 cm³/mol. The van der Waals surface area contributed by atoms with Gasteiger partial charge < -0.3 is 9.97 Å². The molecular weight excluding hydrogens is 544 g/mol. The quantitative estimate of drug-likeness (QED) is 0.192. The van der Waals surface area contributed by atoms with Gasteiger partial charge in [-0.05, 0) is 35.4 Å². The highest BCUT2D eigenvalue weighted by molar-refractivity contribution is 8.15. The van der Waals surface area contributed by atoms with E-state index in [0.717, 1.165) is 34.6 Å². The molecule has 10 heteroatoms. The number of rotatable bonds is 10. The number of benzene rings is 3. The van der Waals surface area contributed by atoms with Crippen molar-refractivity contribution in [3.8, 4) is 0 Å². The smallest absolute Gasteiger partial charge is 0.255 e. The van der Waals surface area contributed by atoms with Gasteiger partial charge in [-0.2, -0.15) is 0 Å². The number of aromatic nitrogens is 4. The maximum atomic E-state index is 13.1. The van der Waals surface area contributed by atoms with Crippen LogP contribution in [0.4, 0.5) is 0 Å². The molecule has 0 amide bonds. The number of carbonyl (C=O) groups excluding carboxylic acids is 4. The molecule has 3 aromatic carbocycles. The first kappa shape index (κ1) is 27.5. The Morgan fingerprint density at radius 1 is 0.625 bits per heavy atom. The number of thioether (sulfide) groups is 2. The van der Waals surface area contributed by atoms with Crippen LogP contribution in [0.1, 0.15) is 69.6 Å². The largest absolute Gasteiger partial charge is 0.335 e. The minimum absolute atomic E-state index is 0.0992. The Morgan fingerprint density at radius 2 is 1.00 bits per heavy atom. The zero-order valence-electron chi connectivity index (χ0n) is 21.8. The summed E-state index contributed by atoms with van der Waals surface area (Å²) in [5.41, 5.74) is 4.12. The summed E-state index contributed by atoms with van der Waals surface area (Å²) in [7, 11) is 0. The van der Waals surface area contributed by atoms with Crippen molar-refractivity contribution in [2.75, 3.05) is 0 Å². The summed E-state index contributed by atoms with van der Waals surface area (Å²) in [4.78, 5) is 66.7. The summed E-state index contributed by atoms with van der Waals surface area (Å²) >= 11 is 1.83. The Bertz CT molecular complexity index is 1530. The van der Waals surface area contributed by atoms with E-state index in [2.05, 4.69) is 19.9 Å². The third kappa shape index (κ3) is 5.78. The van der Waals surface area contributed by atoms with Gasteiger partial charge in [0.2, 0.25) is 0 Å². The summed E-state index contributed by atoms with van der Waals surface area (Å²) in [6, 6.07) is 21.7. The van der Waals surface area contributed by atoms with Gasteiger partial charge in [-0.25, -0.2) is 9.97 Å². The molecule has 0 aliphatic carbocycles. The third-order valence-corrected chi connectivity index (χ3v) is 8.80. The number of H-pyrrole nitrogens is 2. The first-order valence-corrected chi connectivity index (χ1v) is 14.6. The Balaban J connectivity index is 1.36. The van der Waals surface area contributed by atoms with E-state index in [-0.39, 0.29) is 46.3 Å². The van der Waals surface area contributed by atoms with E-state index in [1.807, 2.05) is 48.5 Å². The van der Waals surface area contributed by atoms with Gasteiger partial charge in [0, 0.05) is 12.8 Å². The van der Waals surface area contributed by atoms with Crippen molar-refractivity contribution < 1.29 is 19.2 Å². The maximum absolute atomic E-state index is 13.1. The first-order chi connectivity index (χ1) is 19.4. The maximum Gasteiger partial charge on any atom is 0.255 e. The number of imidazole rings is 2. The molecule has 2 unspecified atom stereocenters. The highest BCUT2D eigenvalue weighted by Crippen LogP contribution is 2.37. The second-order valence-corrected chi connectivity index (χ2v) is 11.2. The molecule has 5 rings (SSSR count). The Hall–Kier alpha value is -4.02. The van der Waals surface area contributed by atoms with Gasteiger partial charge in [-0.3, -0.25) is 19.2 Å². The molecule has 40 heavy (non-hydrogen) atoms.